The molecule has 12 nitrogen and oxygen atoms in total. The maximum absolute atomic E-state index is 12.8. The van der Waals surface area contributed by atoms with Crippen molar-refractivity contribution in [2.24, 2.45) is 0 Å². The van der Waals surface area contributed by atoms with Crippen LogP contribution in [0.5, 0.6) is 6.01 Å². The lowest BCUT2D eigenvalue weighted by Crippen LogP contribution is -2.32. The number of anilines is 3. The molecule has 2 aromatic carbocycles. The Hall–Kier alpha value is -4.50. The standard InChI is InChI=1S/C28H34F3N9O3/c29-28(30,31)18-43-27-39-25-36-17-19-3-5-20(6-4-19)23(41)34-13-1-11-32-15-16-33-12-2-14-35-24(42)21-7-9-22(10-8-21)37-26(38-25)40-27/h3-10,32-33H,1-2,11-18H2,(H,34,41)(H,35,42)(H2,36,37,38,39,40). The minimum Gasteiger partial charge on any atom is -0.454 e. The van der Waals surface area contributed by atoms with Crippen LogP contribution in [0.2, 0.25) is 0 Å². The van der Waals surface area contributed by atoms with Crippen molar-refractivity contribution in [1.82, 2.24) is 36.2 Å². The SMILES string of the molecule is O=C1NCCCNCCNCCCNC(=O)c2ccc(cc2)Nc2nc(nc(OCC(F)(F)F)n2)NCc2ccc1cc2. The van der Waals surface area contributed by atoms with Gasteiger partial charge in [-0.3, -0.25) is 9.59 Å². The van der Waals surface area contributed by atoms with Crippen LogP contribution in [0.3, 0.4) is 0 Å². The molecule has 3 aliphatic heterocycles. The third kappa shape index (κ3) is 11.0. The average molecular weight is 602 g/mol. The zero-order valence-electron chi connectivity index (χ0n) is 23.4. The highest BCUT2D eigenvalue weighted by molar-refractivity contribution is 5.94. The van der Waals surface area contributed by atoms with E-state index in [0.29, 0.717) is 29.9 Å². The molecule has 6 bridgehead atoms. The van der Waals surface area contributed by atoms with Gasteiger partial charge in [-0.2, -0.15) is 28.1 Å². The van der Waals surface area contributed by atoms with Crippen molar-refractivity contribution in [3.05, 3.63) is 65.2 Å². The predicted octanol–water partition coefficient (Wildman–Crippen LogP) is 2.60. The third-order valence-electron chi connectivity index (χ3n) is 6.16. The van der Waals surface area contributed by atoms with Gasteiger partial charge in [-0.25, -0.2) is 0 Å². The van der Waals surface area contributed by atoms with Gasteiger partial charge in [0.15, 0.2) is 6.61 Å². The first-order valence-corrected chi connectivity index (χ1v) is 13.9. The van der Waals surface area contributed by atoms with E-state index < -0.39 is 18.8 Å². The Morgan fingerprint density at radius 3 is 1.81 bits per heavy atom. The number of hydrogen-bond donors (Lipinski definition) is 6. The highest BCUT2D eigenvalue weighted by Gasteiger charge is 2.29. The van der Waals surface area contributed by atoms with Crippen molar-refractivity contribution >= 4 is 29.4 Å². The van der Waals surface area contributed by atoms with Crippen LogP contribution in [-0.2, 0) is 6.54 Å². The Balaban J connectivity index is 1.49. The monoisotopic (exact) mass is 601 g/mol. The van der Waals surface area contributed by atoms with E-state index in [0.717, 1.165) is 44.6 Å². The summed E-state index contributed by atoms with van der Waals surface area (Å²) >= 11 is 0. The van der Waals surface area contributed by atoms with Gasteiger partial charge in [0.25, 0.3) is 11.8 Å². The van der Waals surface area contributed by atoms with Crippen molar-refractivity contribution in [2.45, 2.75) is 25.6 Å². The molecule has 0 unspecified atom stereocenters. The Kier molecular flexibility index (Phi) is 11.4. The fraction of sp³-hybridized carbons (Fsp3) is 0.393. The lowest BCUT2D eigenvalue weighted by Gasteiger charge is -2.12. The van der Waals surface area contributed by atoms with E-state index in [1.165, 1.54) is 0 Å². The molecule has 3 aliphatic rings. The van der Waals surface area contributed by atoms with Gasteiger partial charge in [-0.05, 0) is 67.9 Å². The fourth-order valence-electron chi connectivity index (χ4n) is 3.95. The maximum atomic E-state index is 12.8. The second-order valence-electron chi connectivity index (χ2n) is 9.64. The number of hydrogen-bond acceptors (Lipinski definition) is 10. The van der Waals surface area contributed by atoms with Gasteiger partial charge in [-0.1, -0.05) is 12.1 Å². The second kappa shape index (κ2) is 15.7. The summed E-state index contributed by atoms with van der Waals surface area (Å²) in [5, 5.41) is 18.3. The zero-order valence-corrected chi connectivity index (χ0v) is 23.4. The van der Waals surface area contributed by atoms with Crippen LogP contribution < -0.4 is 36.6 Å². The first-order chi connectivity index (χ1) is 20.7. The molecule has 3 aromatic rings. The molecular weight excluding hydrogens is 567 g/mol. The number of amides is 2. The third-order valence-corrected chi connectivity index (χ3v) is 6.16. The van der Waals surface area contributed by atoms with Gasteiger partial charge >= 0.3 is 12.2 Å². The summed E-state index contributed by atoms with van der Waals surface area (Å²) in [6, 6.07) is 12.8. The molecule has 43 heavy (non-hydrogen) atoms. The van der Waals surface area contributed by atoms with Gasteiger partial charge in [0, 0.05) is 49.5 Å². The average Bonchev–Trinajstić information content (AvgIpc) is 2.99. The van der Waals surface area contributed by atoms with Crippen molar-refractivity contribution in [3.8, 4) is 6.01 Å². The normalized spacial score (nSPS) is 16.2. The number of benzene rings is 2. The fourth-order valence-corrected chi connectivity index (χ4v) is 3.95. The van der Waals surface area contributed by atoms with Gasteiger partial charge in [0.1, 0.15) is 0 Å². The van der Waals surface area contributed by atoms with E-state index >= 15 is 0 Å². The number of alkyl halides is 3. The number of rotatable bonds is 2. The van der Waals surface area contributed by atoms with Crippen molar-refractivity contribution in [2.75, 3.05) is 56.5 Å². The Morgan fingerprint density at radius 2 is 1.23 bits per heavy atom. The number of nitrogens with zero attached hydrogens (tertiary/aromatic N) is 3. The molecule has 0 spiro atoms. The number of nitrogens with one attached hydrogen (secondary N) is 6. The molecule has 230 valence electrons. The molecule has 0 aliphatic carbocycles. The van der Waals surface area contributed by atoms with E-state index in [9.17, 15) is 22.8 Å². The molecule has 1 aromatic heterocycles. The lowest BCUT2D eigenvalue weighted by molar-refractivity contribution is -0.154. The van der Waals surface area contributed by atoms with E-state index in [1.54, 1.807) is 48.5 Å². The topological polar surface area (TPSA) is 154 Å². The molecule has 0 radical (unpaired) electrons. The molecular formula is C28H34F3N9O3. The molecule has 0 fully saturated rings. The number of aromatic nitrogens is 3. The Labute approximate surface area is 246 Å². The summed E-state index contributed by atoms with van der Waals surface area (Å²) in [5.41, 5.74) is 2.23. The Bertz CT molecular complexity index is 1340. The molecule has 6 rings (SSSR count). The van der Waals surface area contributed by atoms with Crippen molar-refractivity contribution in [1.29, 1.82) is 0 Å². The van der Waals surface area contributed by atoms with E-state index in [1.807, 2.05) is 0 Å². The summed E-state index contributed by atoms with van der Waals surface area (Å²) in [4.78, 5) is 37.1. The molecule has 4 heterocycles. The summed E-state index contributed by atoms with van der Waals surface area (Å²) in [5.74, 6) is -0.497. The largest absolute Gasteiger partial charge is 0.454 e. The zero-order chi connectivity index (χ0) is 30.5. The molecule has 0 saturated heterocycles. The minimum absolute atomic E-state index is 0.0243. The highest BCUT2D eigenvalue weighted by atomic mass is 19.4. The van der Waals surface area contributed by atoms with Crippen molar-refractivity contribution in [3.63, 3.8) is 0 Å². The highest BCUT2D eigenvalue weighted by Crippen LogP contribution is 2.20. The van der Waals surface area contributed by atoms with Crippen LogP contribution >= 0.6 is 0 Å². The van der Waals surface area contributed by atoms with Crippen LogP contribution in [0.25, 0.3) is 0 Å². The summed E-state index contributed by atoms with van der Waals surface area (Å²) in [6.45, 7) is 2.76. The number of halogens is 3. The first-order valence-electron chi connectivity index (χ1n) is 13.9. The van der Waals surface area contributed by atoms with Gasteiger partial charge in [-0.15, -0.1) is 0 Å². The summed E-state index contributed by atoms with van der Waals surface area (Å²) in [7, 11) is 0. The van der Waals surface area contributed by atoms with Crippen LogP contribution in [-0.4, -0.2) is 78.8 Å². The minimum atomic E-state index is -4.58. The molecule has 15 heteroatoms. The smallest absolute Gasteiger partial charge is 0.422 e. The molecule has 2 amide bonds. The van der Waals surface area contributed by atoms with Crippen LogP contribution in [0.1, 0.15) is 39.1 Å². The van der Waals surface area contributed by atoms with Gasteiger partial charge in [0.2, 0.25) is 11.9 Å². The first kappa shape index (κ1) is 31.4. The molecule has 0 saturated carbocycles. The molecule has 0 atom stereocenters. The predicted molar refractivity (Wildman–Crippen MR) is 155 cm³/mol. The number of fused-ring (bicyclic) bond motifs is 2. The second-order valence-corrected chi connectivity index (χ2v) is 9.64. The number of ether oxygens (including phenoxy) is 1. The number of carbonyl (C=O) groups excluding carboxylic acids is 2. The van der Waals surface area contributed by atoms with E-state index in [4.69, 9.17) is 4.74 Å². The van der Waals surface area contributed by atoms with Crippen LogP contribution in [0, 0.1) is 0 Å². The summed E-state index contributed by atoms with van der Waals surface area (Å²) < 4.78 is 43.1. The maximum Gasteiger partial charge on any atom is 0.422 e. The molecule has 6 N–H and O–H groups in total. The summed E-state index contributed by atoms with van der Waals surface area (Å²) in [6.07, 6.45) is -3.05. The van der Waals surface area contributed by atoms with Crippen LogP contribution in [0.15, 0.2) is 48.5 Å². The van der Waals surface area contributed by atoms with Crippen LogP contribution in [0.4, 0.5) is 30.8 Å². The van der Waals surface area contributed by atoms with E-state index in [-0.39, 0.29) is 30.3 Å². The quantitative estimate of drug-likeness (QED) is 0.258. The van der Waals surface area contributed by atoms with Gasteiger partial charge in [0.05, 0.1) is 0 Å². The number of carbonyl (C=O) groups is 2. The van der Waals surface area contributed by atoms with Crippen molar-refractivity contribution < 1.29 is 27.5 Å². The lowest BCUT2D eigenvalue weighted by atomic mass is 10.1. The Morgan fingerprint density at radius 1 is 0.674 bits per heavy atom. The van der Waals surface area contributed by atoms with Gasteiger partial charge < -0.3 is 36.6 Å². The van der Waals surface area contributed by atoms with E-state index in [2.05, 4.69) is 46.9 Å².